The lowest BCUT2D eigenvalue weighted by molar-refractivity contribution is -0.154. The van der Waals surface area contributed by atoms with E-state index >= 15 is 0 Å². The average Bonchev–Trinajstić information content (AvgIpc) is 2.49. The molecule has 0 aliphatic rings. The quantitative estimate of drug-likeness (QED) is 0.153. The second-order valence-corrected chi connectivity index (χ2v) is 7.84. The van der Waals surface area contributed by atoms with E-state index in [0.29, 0.717) is 13.0 Å². The van der Waals surface area contributed by atoms with E-state index in [1.165, 1.54) is 0 Å². The van der Waals surface area contributed by atoms with Crippen molar-refractivity contribution in [1.82, 2.24) is 10.6 Å². The number of hydrogen-bond acceptors (Lipinski definition) is 4. The van der Waals surface area contributed by atoms with Crippen LogP contribution in [-0.4, -0.2) is 49.9 Å². The summed E-state index contributed by atoms with van der Waals surface area (Å²) in [5, 5.41) is 6.58. The van der Waals surface area contributed by atoms with Crippen LogP contribution in [0, 0.1) is 0 Å². The summed E-state index contributed by atoms with van der Waals surface area (Å²) < 4.78 is 10.7. The molecule has 0 bridgehead atoms. The van der Waals surface area contributed by atoms with Crippen LogP contribution >= 0.6 is 24.0 Å². The summed E-state index contributed by atoms with van der Waals surface area (Å²) in [6.45, 7) is 14.1. The highest BCUT2D eigenvalue weighted by atomic mass is 127. The molecule has 6 nitrogen and oxygen atoms in total. The fraction of sp³-hybridized carbons (Fsp3) is 0.895. The number of methoxy groups -OCH3 is 1. The first-order chi connectivity index (χ1) is 11.6. The third-order valence-corrected chi connectivity index (χ3v) is 3.53. The molecule has 0 spiro atoms. The zero-order valence-electron chi connectivity index (χ0n) is 17.7. The summed E-state index contributed by atoms with van der Waals surface area (Å²) in [5.41, 5.74) is -0.648. The summed E-state index contributed by atoms with van der Waals surface area (Å²) in [6.07, 6.45) is 4.54. The Morgan fingerprint density at radius 1 is 1.00 bits per heavy atom. The highest BCUT2D eigenvalue weighted by molar-refractivity contribution is 14.0. The van der Waals surface area contributed by atoms with Gasteiger partial charge < -0.3 is 20.1 Å². The van der Waals surface area contributed by atoms with Crippen molar-refractivity contribution in [2.75, 3.05) is 26.7 Å². The largest absolute Gasteiger partial charge is 0.460 e. The minimum atomic E-state index is -0.388. The number of carbonyl (C=O) groups excluding carboxylic acids is 1. The molecule has 0 aromatic rings. The molecular formula is C19H40IN3O3. The van der Waals surface area contributed by atoms with Gasteiger partial charge in [-0.05, 0) is 54.4 Å². The van der Waals surface area contributed by atoms with Crippen LogP contribution in [0.4, 0.5) is 0 Å². The number of ether oxygens (including phenoxy) is 2. The van der Waals surface area contributed by atoms with Crippen LogP contribution < -0.4 is 10.6 Å². The standard InChI is InChI=1S/C19H39N3O3.HI/c1-8-20-17(22-15-19(5,6)24-7)21-14-12-10-9-11-13-16(23)25-18(2,3)4;/h8-15H2,1-7H3,(H2,20,21,22);1H. The molecule has 0 aromatic heterocycles. The number of unbranched alkanes of at least 4 members (excludes halogenated alkanes) is 3. The molecule has 0 unspecified atom stereocenters. The first-order valence-corrected chi connectivity index (χ1v) is 9.39. The number of hydrogen-bond donors (Lipinski definition) is 2. The molecule has 0 saturated carbocycles. The van der Waals surface area contributed by atoms with E-state index in [-0.39, 0.29) is 41.1 Å². The first kappa shape index (κ1) is 27.6. The van der Waals surface area contributed by atoms with Crippen LogP contribution in [0.2, 0.25) is 0 Å². The lowest BCUT2D eigenvalue weighted by Gasteiger charge is -2.21. The Labute approximate surface area is 177 Å². The van der Waals surface area contributed by atoms with Crippen LogP contribution in [0.15, 0.2) is 4.99 Å². The van der Waals surface area contributed by atoms with Gasteiger partial charge in [-0.3, -0.25) is 9.79 Å². The number of nitrogens with one attached hydrogen (secondary N) is 2. The average molecular weight is 485 g/mol. The molecule has 2 N–H and O–H groups in total. The van der Waals surface area contributed by atoms with Gasteiger partial charge in [0.15, 0.2) is 5.96 Å². The molecule has 0 saturated heterocycles. The molecule has 0 radical (unpaired) electrons. The van der Waals surface area contributed by atoms with Crippen LogP contribution in [0.5, 0.6) is 0 Å². The lowest BCUT2D eigenvalue weighted by Crippen LogP contribution is -2.39. The van der Waals surface area contributed by atoms with E-state index in [1.807, 2.05) is 34.6 Å². The van der Waals surface area contributed by atoms with Gasteiger partial charge in [0.2, 0.25) is 0 Å². The Bertz CT molecular complexity index is 407. The molecule has 156 valence electrons. The third kappa shape index (κ3) is 16.9. The lowest BCUT2D eigenvalue weighted by atomic mass is 10.1. The number of rotatable bonds is 11. The maximum absolute atomic E-state index is 11.6. The molecule has 0 aliphatic carbocycles. The Kier molecular flexibility index (Phi) is 15.4. The Morgan fingerprint density at radius 3 is 2.15 bits per heavy atom. The van der Waals surface area contributed by atoms with Crippen molar-refractivity contribution < 1.29 is 14.3 Å². The van der Waals surface area contributed by atoms with Gasteiger partial charge in [0.25, 0.3) is 0 Å². The zero-order valence-corrected chi connectivity index (χ0v) is 20.1. The summed E-state index contributed by atoms with van der Waals surface area (Å²) >= 11 is 0. The Morgan fingerprint density at radius 2 is 1.62 bits per heavy atom. The molecular weight excluding hydrogens is 445 g/mol. The maximum atomic E-state index is 11.6. The van der Waals surface area contributed by atoms with E-state index in [1.54, 1.807) is 7.11 Å². The van der Waals surface area contributed by atoms with Crippen molar-refractivity contribution in [2.24, 2.45) is 4.99 Å². The number of halogens is 1. The molecule has 26 heavy (non-hydrogen) atoms. The number of guanidine groups is 1. The summed E-state index contributed by atoms with van der Waals surface area (Å²) in [4.78, 5) is 16.2. The number of carbonyl (C=O) groups is 1. The molecule has 7 heteroatoms. The molecule has 0 atom stereocenters. The highest BCUT2D eigenvalue weighted by Crippen LogP contribution is 2.11. The first-order valence-electron chi connectivity index (χ1n) is 9.39. The van der Waals surface area contributed by atoms with Crippen molar-refractivity contribution in [1.29, 1.82) is 0 Å². The number of aliphatic imine (C=N–C) groups is 1. The monoisotopic (exact) mass is 485 g/mol. The Hall–Kier alpha value is -0.570. The zero-order chi connectivity index (χ0) is 19.3. The summed E-state index contributed by atoms with van der Waals surface area (Å²) in [5.74, 6) is 0.717. The third-order valence-electron chi connectivity index (χ3n) is 3.53. The normalized spacial score (nSPS) is 12.3. The van der Waals surface area contributed by atoms with Crippen molar-refractivity contribution in [3.63, 3.8) is 0 Å². The van der Waals surface area contributed by atoms with Gasteiger partial charge in [-0.2, -0.15) is 0 Å². The molecule has 0 aliphatic heterocycles. The van der Waals surface area contributed by atoms with Crippen molar-refractivity contribution in [3.05, 3.63) is 0 Å². The van der Waals surface area contributed by atoms with Gasteiger partial charge in [0, 0.05) is 26.6 Å². The second kappa shape index (κ2) is 14.5. The van der Waals surface area contributed by atoms with E-state index in [9.17, 15) is 4.79 Å². The van der Waals surface area contributed by atoms with Crippen LogP contribution in [-0.2, 0) is 14.3 Å². The summed E-state index contributed by atoms with van der Waals surface area (Å²) in [7, 11) is 1.70. The van der Waals surface area contributed by atoms with E-state index in [4.69, 9.17) is 9.47 Å². The molecule has 0 amide bonds. The minimum Gasteiger partial charge on any atom is -0.460 e. The fourth-order valence-electron chi connectivity index (χ4n) is 2.02. The smallest absolute Gasteiger partial charge is 0.306 e. The predicted octanol–water partition coefficient (Wildman–Crippen LogP) is 3.88. The second-order valence-electron chi connectivity index (χ2n) is 7.84. The van der Waals surface area contributed by atoms with E-state index < -0.39 is 0 Å². The predicted molar refractivity (Wildman–Crippen MR) is 119 cm³/mol. The SMILES string of the molecule is CCNC(=NCC(C)(C)OC)NCCCCCCC(=O)OC(C)(C)C.I. The fourth-order valence-corrected chi connectivity index (χ4v) is 2.02. The van der Waals surface area contributed by atoms with Gasteiger partial charge in [0.1, 0.15) is 5.60 Å². The van der Waals surface area contributed by atoms with Crippen molar-refractivity contribution in [3.8, 4) is 0 Å². The van der Waals surface area contributed by atoms with Crippen LogP contribution in [0.25, 0.3) is 0 Å². The van der Waals surface area contributed by atoms with Crippen molar-refractivity contribution in [2.45, 2.75) is 84.8 Å². The van der Waals surface area contributed by atoms with Crippen LogP contribution in [0.1, 0.15) is 73.6 Å². The van der Waals surface area contributed by atoms with Gasteiger partial charge >= 0.3 is 5.97 Å². The molecule has 0 rings (SSSR count). The molecule has 0 fully saturated rings. The van der Waals surface area contributed by atoms with E-state index in [2.05, 4.69) is 22.5 Å². The topological polar surface area (TPSA) is 72.0 Å². The molecule has 0 aromatic carbocycles. The van der Waals surface area contributed by atoms with Gasteiger partial charge in [0.05, 0.1) is 12.1 Å². The molecule has 0 heterocycles. The van der Waals surface area contributed by atoms with E-state index in [0.717, 1.165) is 44.7 Å². The number of esters is 1. The van der Waals surface area contributed by atoms with Crippen LogP contribution in [0.3, 0.4) is 0 Å². The van der Waals surface area contributed by atoms with Gasteiger partial charge in [-0.15, -0.1) is 24.0 Å². The summed E-state index contributed by atoms with van der Waals surface area (Å²) in [6, 6.07) is 0. The van der Waals surface area contributed by atoms with Gasteiger partial charge in [-0.1, -0.05) is 12.8 Å². The van der Waals surface area contributed by atoms with Crippen molar-refractivity contribution >= 4 is 35.9 Å². The highest BCUT2D eigenvalue weighted by Gasteiger charge is 2.16. The number of nitrogens with zero attached hydrogens (tertiary/aromatic N) is 1. The maximum Gasteiger partial charge on any atom is 0.306 e. The van der Waals surface area contributed by atoms with Gasteiger partial charge in [-0.25, -0.2) is 0 Å². The minimum absolute atomic E-state index is 0. The Balaban J connectivity index is 0.